The molecule has 2 rings (SSSR count). The van der Waals surface area contributed by atoms with E-state index in [-0.39, 0.29) is 27.6 Å². The molecule has 0 aliphatic carbocycles. The van der Waals surface area contributed by atoms with Crippen molar-refractivity contribution in [3.63, 3.8) is 0 Å². The summed E-state index contributed by atoms with van der Waals surface area (Å²) in [7, 11) is 0. The van der Waals surface area contributed by atoms with Crippen LogP contribution in [0.1, 0.15) is 34.1 Å². The van der Waals surface area contributed by atoms with Gasteiger partial charge in [0.2, 0.25) is 0 Å². The summed E-state index contributed by atoms with van der Waals surface area (Å²) in [5.41, 5.74) is 0.556. The first-order valence-corrected chi connectivity index (χ1v) is 7.76. The second kappa shape index (κ2) is 7.53. The summed E-state index contributed by atoms with van der Waals surface area (Å²) in [6.07, 6.45) is -0.374. The number of Topliss-reactive ketones (excluding diaryl/α,β-unsaturated/α-hetero) is 3. The molecular weight excluding hydrogens is 335 g/mol. The number of benzene rings is 2. The van der Waals surface area contributed by atoms with Crippen molar-refractivity contribution in [1.82, 2.24) is 0 Å². The van der Waals surface area contributed by atoms with Gasteiger partial charge in [-0.15, -0.1) is 0 Å². The van der Waals surface area contributed by atoms with Crippen molar-refractivity contribution in [2.45, 2.75) is 13.3 Å². The molecule has 2 aromatic rings. The lowest BCUT2D eigenvalue weighted by atomic mass is 9.91. The van der Waals surface area contributed by atoms with E-state index in [1.54, 1.807) is 48.5 Å². The van der Waals surface area contributed by atoms with Crippen molar-refractivity contribution in [1.29, 1.82) is 0 Å². The van der Waals surface area contributed by atoms with E-state index in [1.807, 2.05) is 0 Å². The lowest BCUT2D eigenvalue weighted by Crippen LogP contribution is -2.24. The van der Waals surface area contributed by atoms with E-state index < -0.39 is 23.3 Å². The Morgan fingerprint density at radius 2 is 1.35 bits per heavy atom. The number of rotatable bonds is 6. The molecule has 0 radical (unpaired) electrons. The second-order valence-electron chi connectivity index (χ2n) is 5.11. The fraction of sp³-hybridized carbons (Fsp3) is 0.167. The first kappa shape index (κ1) is 17.4. The number of carbonyl (C=O) groups is 3. The van der Waals surface area contributed by atoms with Crippen LogP contribution in [0.3, 0.4) is 0 Å². The van der Waals surface area contributed by atoms with Gasteiger partial charge in [0.15, 0.2) is 17.3 Å². The van der Waals surface area contributed by atoms with Crippen molar-refractivity contribution in [2.24, 2.45) is 5.92 Å². The fourth-order valence-electron chi connectivity index (χ4n) is 2.13. The maximum Gasteiger partial charge on any atom is 0.174 e. The third-order valence-electron chi connectivity index (χ3n) is 3.52. The normalized spacial score (nSPS) is 11.8. The van der Waals surface area contributed by atoms with E-state index >= 15 is 0 Å². The van der Waals surface area contributed by atoms with E-state index in [0.717, 1.165) is 0 Å². The Hall–Kier alpha value is -1.97. The summed E-state index contributed by atoms with van der Waals surface area (Å²) in [6.45, 7) is 1.48. The molecule has 0 aliphatic heterocycles. The number of hydrogen-bond acceptors (Lipinski definition) is 3. The fourth-order valence-corrected chi connectivity index (χ4v) is 2.60. The minimum atomic E-state index is -0.943. The molecular formula is C18H14Cl2O3. The smallest absolute Gasteiger partial charge is 0.174 e. The van der Waals surface area contributed by atoms with Gasteiger partial charge in [-0.3, -0.25) is 14.4 Å². The highest BCUT2D eigenvalue weighted by molar-refractivity contribution is 6.35. The van der Waals surface area contributed by atoms with Crippen LogP contribution in [0.4, 0.5) is 0 Å². The Bertz CT molecular complexity index is 768. The zero-order valence-corrected chi connectivity index (χ0v) is 13.9. The summed E-state index contributed by atoms with van der Waals surface area (Å²) >= 11 is 11.9. The van der Waals surface area contributed by atoms with Crippen LogP contribution in [0.5, 0.6) is 0 Å². The molecule has 5 heteroatoms. The molecule has 3 nitrogen and oxygen atoms in total. The highest BCUT2D eigenvalue weighted by Crippen LogP contribution is 2.22. The Morgan fingerprint density at radius 3 is 1.87 bits per heavy atom. The molecule has 0 saturated heterocycles. The van der Waals surface area contributed by atoms with Crippen LogP contribution in [-0.2, 0) is 4.79 Å². The molecule has 0 heterocycles. The SMILES string of the molecule is CC(C(=O)CC(=O)c1ccccc1Cl)C(=O)c1ccccc1Cl. The summed E-state index contributed by atoms with van der Waals surface area (Å²) < 4.78 is 0. The molecule has 0 fully saturated rings. The van der Waals surface area contributed by atoms with Crippen LogP contribution in [0.2, 0.25) is 10.0 Å². The molecule has 2 aromatic carbocycles. The van der Waals surface area contributed by atoms with Crippen LogP contribution >= 0.6 is 23.2 Å². The van der Waals surface area contributed by atoms with E-state index in [0.29, 0.717) is 0 Å². The van der Waals surface area contributed by atoms with Crippen molar-refractivity contribution >= 4 is 40.6 Å². The van der Waals surface area contributed by atoms with Gasteiger partial charge in [0.1, 0.15) is 0 Å². The maximum absolute atomic E-state index is 12.3. The molecule has 1 unspecified atom stereocenters. The number of hydrogen-bond donors (Lipinski definition) is 0. The van der Waals surface area contributed by atoms with Crippen LogP contribution in [0.25, 0.3) is 0 Å². The largest absolute Gasteiger partial charge is 0.298 e. The molecule has 0 spiro atoms. The van der Waals surface area contributed by atoms with Gasteiger partial charge >= 0.3 is 0 Å². The molecule has 0 N–H and O–H groups in total. The molecule has 0 saturated carbocycles. The lowest BCUT2D eigenvalue weighted by molar-refractivity contribution is -0.120. The topological polar surface area (TPSA) is 51.2 Å². The average molecular weight is 349 g/mol. The molecule has 23 heavy (non-hydrogen) atoms. The first-order chi connectivity index (χ1) is 10.9. The molecule has 118 valence electrons. The van der Waals surface area contributed by atoms with Crippen molar-refractivity contribution < 1.29 is 14.4 Å². The van der Waals surface area contributed by atoms with Crippen molar-refractivity contribution in [3.05, 3.63) is 69.7 Å². The predicted molar refractivity (Wildman–Crippen MR) is 90.4 cm³/mol. The third kappa shape index (κ3) is 4.06. The van der Waals surface area contributed by atoms with Crippen molar-refractivity contribution in [2.75, 3.05) is 0 Å². The van der Waals surface area contributed by atoms with Crippen LogP contribution < -0.4 is 0 Å². The Balaban J connectivity index is 2.12. The maximum atomic E-state index is 12.3. The highest BCUT2D eigenvalue weighted by Gasteiger charge is 2.26. The number of halogens is 2. The molecule has 0 aliphatic rings. The lowest BCUT2D eigenvalue weighted by Gasteiger charge is -2.10. The van der Waals surface area contributed by atoms with Gasteiger partial charge in [-0.2, -0.15) is 0 Å². The Morgan fingerprint density at radius 1 is 0.870 bits per heavy atom. The van der Waals surface area contributed by atoms with Gasteiger partial charge in [0.05, 0.1) is 22.4 Å². The zero-order valence-electron chi connectivity index (χ0n) is 12.4. The van der Waals surface area contributed by atoms with Gasteiger partial charge < -0.3 is 0 Å². The minimum absolute atomic E-state index is 0.278. The monoisotopic (exact) mass is 348 g/mol. The van der Waals surface area contributed by atoms with Gasteiger partial charge in [-0.25, -0.2) is 0 Å². The molecule has 0 aromatic heterocycles. The minimum Gasteiger partial charge on any atom is -0.298 e. The van der Waals surface area contributed by atoms with Gasteiger partial charge in [-0.1, -0.05) is 47.5 Å². The zero-order chi connectivity index (χ0) is 17.0. The number of carbonyl (C=O) groups excluding carboxylic acids is 3. The number of ketones is 3. The van der Waals surface area contributed by atoms with Gasteiger partial charge in [-0.05, 0) is 31.2 Å². The predicted octanol–water partition coefficient (Wildman–Crippen LogP) is 4.65. The standard InChI is InChI=1S/C18H14Cl2O3/c1-11(18(23)13-7-3-5-9-15(13)20)16(21)10-17(22)12-6-2-4-8-14(12)19/h2-9,11H,10H2,1H3. The van der Waals surface area contributed by atoms with Crippen LogP contribution in [0.15, 0.2) is 48.5 Å². The third-order valence-corrected chi connectivity index (χ3v) is 4.18. The summed E-state index contributed by atoms with van der Waals surface area (Å²) in [5.74, 6) is -2.20. The van der Waals surface area contributed by atoms with Crippen LogP contribution in [-0.4, -0.2) is 17.3 Å². The van der Waals surface area contributed by atoms with E-state index in [2.05, 4.69) is 0 Å². The quantitative estimate of drug-likeness (QED) is 0.563. The van der Waals surface area contributed by atoms with E-state index in [1.165, 1.54) is 6.92 Å². The first-order valence-electron chi connectivity index (χ1n) is 7.01. The average Bonchev–Trinajstić information content (AvgIpc) is 2.54. The summed E-state index contributed by atoms with van der Waals surface area (Å²) in [6, 6.07) is 13.0. The molecule has 1 atom stereocenters. The van der Waals surface area contributed by atoms with Crippen molar-refractivity contribution in [3.8, 4) is 0 Å². The molecule has 0 bridgehead atoms. The van der Waals surface area contributed by atoms with E-state index in [9.17, 15) is 14.4 Å². The second-order valence-corrected chi connectivity index (χ2v) is 5.93. The van der Waals surface area contributed by atoms with Gasteiger partial charge in [0, 0.05) is 11.1 Å². The summed E-state index contributed by atoms with van der Waals surface area (Å²) in [4.78, 5) is 36.7. The molecule has 0 amide bonds. The Labute approximate surface area is 144 Å². The van der Waals surface area contributed by atoms with E-state index in [4.69, 9.17) is 23.2 Å². The van der Waals surface area contributed by atoms with Crippen LogP contribution in [0, 0.1) is 5.92 Å². The summed E-state index contributed by atoms with van der Waals surface area (Å²) in [5, 5.41) is 0.574. The Kier molecular flexibility index (Phi) is 5.69. The highest BCUT2D eigenvalue weighted by atomic mass is 35.5. The van der Waals surface area contributed by atoms with Gasteiger partial charge in [0.25, 0.3) is 0 Å².